The molecule has 2 aromatic rings. The number of ketones is 1. The third kappa shape index (κ3) is 2.77. The lowest BCUT2D eigenvalue weighted by Gasteiger charge is -2.38. The number of hydrogen-bond acceptors (Lipinski definition) is 3. The minimum atomic E-state index is -1.62. The van der Waals surface area contributed by atoms with Gasteiger partial charge in [-0.15, -0.1) is 0 Å². The SMILES string of the molecule is CCCCc1ccc([C@]2(O)Oc3ccccc3C(=O)[C@H]2C)cc1. The second-order valence-electron chi connectivity index (χ2n) is 6.18. The molecule has 0 bridgehead atoms. The monoisotopic (exact) mass is 310 g/mol. The summed E-state index contributed by atoms with van der Waals surface area (Å²) in [5.74, 6) is -1.93. The predicted molar refractivity (Wildman–Crippen MR) is 89.5 cm³/mol. The molecule has 0 radical (unpaired) electrons. The fourth-order valence-corrected chi connectivity index (χ4v) is 3.03. The minimum absolute atomic E-state index is 0.0931. The fraction of sp³-hybridized carbons (Fsp3) is 0.350. The number of ether oxygens (including phenoxy) is 1. The second kappa shape index (κ2) is 6.17. The number of fused-ring (bicyclic) bond motifs is 1. The first-order chi connectivity index (χ1) is 11.1. The number of carbonyl (C=O) groups is 1. The van der Waals surface area contributed by atoms with Crippen LogP contribution in [0, 0.1) is 5.92 Å². The normalized spacial score (nSPS) is 23.3. The summed E-state index contributed by atoms with van der Waals surface area (Å²) in [6, 6.07) is 14.8. The molecular weight excluding hydrogens is 288 g/mol. The van der Waals surface area contributed by atoms with Crippen LogP contribution in [-0.4, -0.2) is 10.9 Å². The molecule has 0 saturated heterocycles. The van der Waals surface area contributed by atoms with Crippen molar-refractivity contribution in [3.8, 4) is 5.75 Å². The van der Waals surface area contributed by atoms with Crippen LogP contribution in [0.1, 0.15) is 48.2 Å². The van der Waals surface area contributed by atoms with Crippen molar-refractivity contribution in [1.82, 2.24) is 0 Å². The number of aryl methyl sites for hydroxylation is 1. The molecule has 0 fully saturated rings. The maximum atomic E-state index is 12.6. The Morgan fingerprint density at radius 1 is 1.13 bits per heavy atom. The Bertz CT molecular complexity index is 705. The minimum Gasteiger partial charge on any atom is -0.457 e. The molecule has 0 saturated carbocycles. The van der Waals surface area contributed by atoms with E-state index in [0.29, 0.717) is 16.9 Å². The summed E-state index contributed by atoms with van der Waals surface area (Å²) in [6.45, 7) is 3.88. The van der Waals surface area contributed by atoms with Crippen molar-refractivity contribution in [2.24, 2.45) is 5.92 Å². The summed E-state index contributed by atoms with van der Waals surface area (Å²) >= 11 is 0. The van der Waals surface area contributed by atoms with Gasteiger partial charge in [-0.05, 0) is 37.5 Å². The lowest BCUT2D eigenvalue weighted by atomic mass is 9.84. The summed E-state index contributed by atoms with van der Waals surface area (Å²) in [5.41, 5.74) is 2.38. The van der Waals surface area contributed by atoms with Crippen LogP contribution < -0.4 is 4.74 Å². The first-order valence-electron chi connectivity index (χ1n) is 8.20. The molecule has 0 aliphatic carbocycles. The van der Waals surface area contributed by atoms with Crippen molar-refractivity contribution < 1.29 is 14.6 Å². The Labute approximate surface area is 136 Å². The standard InChI is InChI=1S/C20H22O3/c1-3-4-7-15-10-12-16(13-11-15)20(22)14(2)19(21)17-8-5-6-9-18(17)23-20/h5-6,8-14,22H,3-4,7H2,1-2H3/t14-,20-/m1/s1. The zero-order valence-electron chi connectivity index (χ0n) is 13.6. The Kier molecular flexibility index (Phi) is 4.22. The van der Waals surface area contributed by atoms with E-state index in [2.05, 4.69) is 6.92 Å². The van der Waals surface area contributed by atoms with Crippen LogP contribution in [0.2, 0.25) is 0 Å². The smallest absolute Gasteiger partial charge is 0.244 e. The second-order valence-corrected chi connectivity index (χ2v) is 6.18. The van der Waals surface area contributed by atoms with Gasteiger partial charge in [0.05, 0.1) is 11.5 Å². The molecular formula is C20H22O3. The molecule has 3 rings (SSSR count). The van der Waals surface area contributed by atoms with Gasteiger partial charge >= 0.3 is 0 Å². The highest BCUT2D eigenvalue weighted by Crippen LogP contribution is 2.41. The van der Waals surface area contributed by atoms with E-state index in [1.165, 1.54) is 5.56 Å². The molecule has 23 heavy (non-hydrogen) atoms. The molecule has 1 heterocycles. The van der Waals surface area contributed by atoms with Crippen LogP contribution in [0.5, 0.6) is 5.75 Å². The Hall–Kier alpha value is -2.13. The van der Waals surface area contributed by atoms with Crippen LogP contribution >= 0.6 is 0 Å². The average molecular weight is 310 g/mol. The topological polar surface area (TPSA) is 46.5 Å². The molecule has 1 aliphatic heterocycles. The summed E-state index contributed by atoms with van der Waals surface area (Å²) in [4.78, 5) is 12.6. The van der Waals surface area contributed by atoms with Gasteiger partial charge in [-0.1, -0.05) is 49.7 Å². The van der Waals surface area contributed by atoms with E-state index in [1.54, 1.807) is 31.2 Å². The number of aliphatic hydroxyl groups is 1. The summed E-state index contributed by atoms with van der Waals surface area (Å²) in [5, 5.41) is 11.1. The molecule has 1 N–H and O–H groups in total. The van der Waals surface area contributed by atoms with Crippen LogP contribution in [-0.2, 0) is 12.2 Å². The third-order valence-electron chi connectivity index (χ3n) is 4.58. The molecule has 0 spiro atoms. The molecule has 0 aromatic heterocycles. The van der Waals surface area contributed by atoms with Gasteiger partial charge in [0, 0.05) is 5.56 Å². The summed E-state index contributed by atoms with van der Waals surface area (Å²) in [7, 11) is 0. The third-order valence-corrected chi connectivity index (χ3v) is 4.58. The molecule has 0 unspecified atom stereocenters. The Balaban J connectivity index is 1.93. The van der Waals surface area contributed by atoms with Gasteiger partial charge in [-0.2, -0.15) is 0 Å². The molecule has 0 amide bonds. The number of para-hydroxylation sites is 1. The average Bonchev–Trinajstić information content (AvgIpc) is 2.58. The summed E-state index contributed by atoms with van der Waals surface area (Å²) < 4.78 is 5.84. The van der Waals surface area contributed by atoms with Crippen molar-refractivity contribution in [2.75, 3.05) is 0 Å². The van der Waals surface area contributed by atoms with Crippen LogP contribution in [0.3, 0.4) is 0 Å². The van der Waals surface area contributed by atoms with Gasteiger partial charge in [-0.25, -0.2) is 0 Å². The van der Waals surface area contributed by atoms with Gasteiger partial charge in [0.2, 0.25) is 5.79 Å². The predicted octanol–water partition coefficient (Wildman–Crippen LogP) is 4.09. The van der Waals surface area contributed by atoms with Crippen molar-refractivity contribution in [3.05, 3.63) is 65.2 Å². The number of Topliss-reactive ketones (excluding diaryl/α,β-unsaturated/α-hetero) is 1. The van der Waals surface area contributed by atoms with Gasteiger partial charge in [0.1, 0.15) is 5.75 Å². The Morgan fingerprint density at radius 3 is 2.52 bits per heavy atom. The van der Waals surface area contributed by atoms with Crippen molar-refractivity contribution in [1.29, 1.82) is 0 Å². The van der Waals surface area contributed by atoms with E-state index < -0.39 is 11.7 Å². The van der Waals surface area contributed by atoms with Crippen LogP contribution in [0.25, 0.3) is 0 Å². The van der Waals surface area contributed by atoms with Crippen molar-refractivity contribution in [2.45, 2.75) is 38.9 Å². The molecule has 3 heteroatoms. The lowest BCUT2D eigenvalue weighted by Crippen LogP contribution is -2.46. The van der Waals surface area contributed by atoms with E-state index in [4.69, 9.17) is 4.74 Å². The van der Waals surface area contributed by atoms with Gasteiger partial charge in [0.25, 0.3) is 0 Å². The first kappa shape index (κ1) is 15.8. The van der Waals surface area contributed by atoms with Crippen molar-refractivity contribution in [3.63, 3.8) is 0 Å². The van der Waals surface area contributed by atoms with Crippen LogP contribution in [0.15, 0.2) is 48.5 Å². The van der Waals surface area contributed by atoms with Crippen molar-refractivity contribution >= 4 is 5.78 Å². The molecule has 120 valence electrons. The number of carbonyl (C=O) groups excluding carboxylic acids is 1. The molecule has 3 nitrogen and oxygen atoms in total. The maximum Gasteiger partial charge on any atom is 0.244 e. The number of rotatable bonds is 4. The Morgan fingerprint density at radius 2 is 1.83 bits per heavy atom. The number of hydrogen-bond donors (Lipinski definition) is 1. The number of unbranched alkanes of at least 4 members (excludes halogenated alkanes) is 1. The first-order valence-corrected chi connectivity index (χ1v) is 8.20. The van der Waals surface area contributed by atoms with Gasteiger partial charge in [-0.3, -0.25) is 4.79 Å². The fourth-order valence-electron chi connectivity index (χ4n) is 3.03. The van der Waals surface area contributed by atoms with E-state index in [9.17, 15) is 9.90 Å². The summed E-state index contributed by atoms with van der Waals surface area (Å²) in [6.07, 6.45) is 3.31. The highest BCUT2D eigenvalue weighted by atomic mass is 16.6. The quantitative estimate of drug-likeness (QED) is 0.925. The molecule has 2 aromatic carbocycles. The van der Waals surface area contributed by atoms with Crippen LogP contribution in [0.4, 0.5) is 0 Å². The molecule has 2 atom stereocenters. The van der Waals surface area contributed by atoms with E-state index in [-0.39, 0.29) is 5.78 Å². The van der Waals surface area contributed by atoms with E-state index in [0.717, 1.165) is 19.3 Å². The van der Waals surface area contributed by atoms with E-state index in [1.807, 2.05) is 24.3 Å². The maximum absolute atomic E-state index is 12.6. The van der Waals surface area contributed by atoms with Gasteiger partial charge in [0.15, 0.2) is 5.78 Å². The lowest BCUT2D eigenvalue weighted by molar-refractivity contribution is -0.176. The van der Waals surface area contributed by atoms with Gasteiger partial charge < -0.3 is 9.84 Å². The highest BCUT2D eigenvalue weighted by molar-refractivity contribution is 6.01. The molecule has 1 aliphatic rings. The van der Waals surface area contributed by atoms with E-state index >= 15 is 0 Å². The number of benzene rings is 2. The highest BCUT2D eigenvalue weighted by Gasteiger charge is 2.47. The zero-order chi connectivity index (χ0) is 16.4. The largest absolute Gasteiger partial charge is 0.457 e. The zero-order valence-corrected chi connectivity index (χ0v) is 13.6.